The number of hydrogen-bond acceptors (Lipinski definition) is 2. The third kappa shape index (κ3) is 2.37. The predicted molar refractivity (Wildman–Crippen MR) is 82.6 cm³/mol. The third-order valence-electron chi connectivity index (χ3n) is 4.08. The topological polar surface area (TPSA) is 32.3 Å². The van der Waals surface area contributed by atoms with Crippen LogP contribution in [0.15, 0.2) is 48.5 Å². The summed E-state index contributed by atoms with van der Waals surface area (Å²) in [5, 5.41) is 12.7. The summed E-state index contributed by atoms with van der Waals surface area (Å²) in [6.07, 6.45) is 1.85. The van der Waals surface area contributed by atoms with Crippen molar-refractivity contribution >= 4 is 0 Å². The Hall–Kier alpha value is -1.64. The van der Waals surface area contributed by atoms with E-state index in [2.05, 4.69) is 60.8 Å². The molecule has 2 heteroatoms. The van der Waals surface area contributed by atoms with Crippen molar-refractivity contribution in [1.29, 1.82) is 0 Å². The first-order chi connectivity index (χ1) is 9.81. The molecule has 0 amide bonds. The number of rotatable bonds is 5. The van der Waals surface area contributed by atoms with Crippen LogP contribution in [0.5, 0.6) is 0 Å². The van der Waals surface area contributed by atoms with Gasteiger partial charge in [0.15, 0.2) is 0 Å². The normalized spacial score (nSPS) is 14.9. The minimum Gasteiger partial charge on any atom is -0.396 e. The van der Waals surface area contributed by atoms with E-state index in [4.69, 9.17) is 5.11 Å². The molecule has 2 aromatic carbocycles. The summed E-state index contributed by atoms with van der Waals surface area (Å²) in [4.78, 5) is 0. The van der Waals surface area contributed by atoms with Crippen LogP contribution in [0.4, 0.5) is 0 Å². The van der Waals surface area contributed by atoms with E-state index in [9.17, 15) is 0 Å². The van der Waals surface area contributed by atoms with Gasteiger partial charge in [-0.15, -0.1) is 0 Å². The van der Waals surface area contributed by atoms with Crippen molar-refractivity contribution in [2.75, 3.05) is 6.61 Å². The molecule has 1 aliphatic carbocycles. The lowest BCUT2D eigenvalue weighted by Gasteiger charge is -2.21. The second-order valence-electron chi connectivity index (χ2n) is 5.54. The van der Waals surface area contributed by atoms with Gasteiger partial charge >= 0.3 is 0 Å². The second kappa shape index (κ2) is 5.78. The van der Waals surface area contributed by atoms with Crippen LogP contribution in [0.3, 0.4) is 0 Å². The predicted octanol–water partition coefficient (Wildman–Crippen LogP) is 3.51. The average molecular weight is 267 g/mol. The summed E-state index contributed by atoms with van der Waals surface area (Å²) in [5.41, 5.74) is 5.42. The van der Waals surface area contributed by atoms with Gasteiger partial charge in [0.25, 0.3) is 0 Å². The summed E-state index contributed by atoms with van der Waals surface area (Å²) in [7, 11) is 0. The smallest absolute Gasteiger partial charge is 0.0591 e. The van der Waals surface area contributed by atoms with Crippen LogP contribution in [0.25, 0.3) is 11.1 Å². The zero-order valence-electron chi connectivity index (χ0n) is 11.8. The van der Waals surface area contributed by atoms with Gasteiger partial charge in [0, 0.05) is 12.6 Å². The fraction of sp³-hybridized carbons (Fsp3) is 0.333. The first kappa shape index (κ1) is 13.3. The molecule has 0 heterocycles. The van der Waals surface area contributed by atoms with Gasteiger partial charge in [-0.1, -0.05) is 48.5 Å². The van der Waals surface area contributed by atoms with Crippen molar-refractivity contribution in [1.82, 2.24) is 5.32 Å². The summed E-state index contributed by atoms with van der Waals surface area (Å²) >= 11 is 0. The minimum atomic E-state index is 0.268. The first-order valence-electron chi connectivity index (χ1n) is 7.36. The highest BCUT2D eigenvalue weighted by atomic mass is 16.2. The van der Waals surface area contributed by atoms with E-state index in [1.165, 1.54) is 22.3 Å². The maximum atomic E-state index is 8.96. The van der Waals surface area contributed by atoms with Crippen molar-refractivity contribution in [2.24, 2.45) is 0 Å². The van der Waals surface area contributed by atoms with Gasteiger partial charge in [-0.2, -0.15) is 0 Å². The number of nitrogens with one attached hydrogen (secondary N) is 1. The van der Waals surface area contributed by atoms with Crippen molar-refractivity contribution in [3.63, 3.8) is 0 Å². The van der Waals surface area contributed by atoms with E-state index < -0.39 is 0 Å². The highest BCUT2D eigenvalue weighted by Crippen LogP contribution is 2.43. The van der Waals surface area contributed by atoms with Crippen molar-refractivity contribution in [3.8, 4) is 11.1 Å². The van der Waals surface area contributed by atoms with Crippen molar-refractivity contribution in [2.45, 2.75) is 31.8 Å². The van der Waals surface area contributed by atoms with Crippen molar-refractivity contribution < 1.29 is 5.11 Å². The fourth-order valence-electron chi connectivity index (χ4n) is 3.10. The largest absolute Gasteiger partial charge is 0.396 e. The lowest BCUT2D eigenvalue weighted by atomic mass is 10.0. The zero-order valence-corrected chi connectivity index (χ0v) is 11.8. The Bertz CT molecular complexity index is 548. The molecule has 0 fully saturated rings. The van der Waals surface area contributed by atoms with Gasteiger partial charge in [-0.3, -0.25) is 0 Å². The second-order valence-corrected chi connectivity index (χ2v) is 5.54. The standard InChI is InChI=1S/C18H21NO/c1-13(7-6-12-20)19-18-16-10-4-2-8-14(16)15-9-3-5-11-17(15)18/h2-5,8-11,13,18-20H,6-7,12H2,1H3. The van der Waals surface area contributed by atoms with E-state index >= 15 is 0 Å². The molecule has 2 aromatic rings. The maximum absolute atomic E-state index is 8.96. The van der Waals surface area contributed by atoms with Gasteiger partial charge in [0.2, 0.25) is 0 Å². The molecule has 0 radical (unpaired) electrons. The molecule has 1 unspecified atom stereocenters. The fourth-order valence-corrected chi connectivity index (χ4v) is 3.10. The van der Waals surface area contributed by atoms with Gasteiger partial charge in [-0.25, -0.2) is 0 Å². The lowest BCUT2D eigenvalue weighted by Crippen LogP contribution is -2.30. The Balaban J connectivity index is 1.91. The van der Waals surface area contributed by atoms with Crippen LogP contribution < -0.4 is 5.32 Å². The Labute approximate surface area is 120 Å². The molecule has 0 saturated heterocycles. The molecule has 0 saturated carbocycles. The van der Waals surface area contributed by atoms with Gasteiger partial charge in [-0.05, 0) is 42.0 Å². The van der Waals surface area contributed by atoms with Crippen molar-refractivity contribution in [3.05, 3.63) is 59.7 Å². The van der Waals surface area contributed by atoms with Gasteiger partial charge < -0.3 is 10.4 Å². The lowest BCUT2D eigenvalue weighted by molar-refractivity contribution is 0.275. The van der Waals surface area contributed by atoms with E-state index in [-0.39, 0.29) is 12.6 Å². The number of benzene rings is 2. The molecular weight excluding hydrogens is 246 g/mol. The Morgan fingerprint density at radius 2 is 1.55 bits per heavy atom. The van der Waals surface area contributed by atoms with Crippen LogP contribution >= 0.6 is 0 Å². The molecule has 2 nitrogen and oxygen atoms in total. The number of aliphatic hydroxyl groups is 1. The maximum Gasteiger partial charge on any atom is 0.0591 e. The number of hydrogen-bond donors (Lipinski definition) is 2. The van der Waals surface area contributed by atoms with Crippen LogP contribution in [0.2, 0.25) is 0 Å². The Morgan fingerprint density at radius 1 is 1.00 bits per heavy atom. The number of fused-ring (bicyclic) bond motifs is 3. The molecule has 2 N–H and O–H groups in total. The van der Waals surface area contributed by atoms with Crippen LogP contribution in [-0.4, -0.2) is 17.8 Å². The average Bonchev–Trinajstić information content (AvgIpc) is 2.80. The number of aliphatic hydroxyl groups excluding tert-OH is 1. The zero-order chi connectivity index (χ0) is 13.9. The monoisotopic (exact) mass is 267 g/mol. The van der Waals surface area contributed by atoms with Crippen LogP contribution in [0.1, 0.15) is 36.9 Å². The molecule has 0 spiro atoms. The highest BCUT2D eigenvalue weighted by Gasteiger charge is 2.28. The molecule has 1 atom stereocenters. The molecule has 0 aromatic heterocycles. The molecule has 0 aliphatic heterocycles. The Morgan fingerprint density at radius 3 is 2.10 bits per heavy atom. The quantitative estimate of drug-likeness (QED) is 0.869. The van der Waals surface area contributed by atoms with E-state index in [1.807, 2.05) is 0 Å². The SMILES string of the molecule is CC(CCCO)NC1c2ccccc2-c2ccccc21. The summed E-state index contributed by atoms with van der Waals surface area (Å²) in [5.74, 6) is 0. The molecule has 104 valence electrons. The third-order valence-corrected chi connectivity index (χ3v) is 4.08. The van der Waals surface area contributed by atoms with Crippen LogP contribution in [0, 0.1) is 0 Å². The summed E-state index contributed by atoms with van der Waals surface area (Å²) < 4.78 is 0. The molecule has 1 aliphatic rings. The van der Waals surface area contributed by atoms with E-state index in [0.717, 1.165) is 12.8 Å². The van der Waals surface area contributed by atoms with E-state index in [0.29, 0.717) is 6.04 Å². The highest BCUT2D eigenvalue weighted by molar-refractivity contribution is 5.78. The first-order valence-corrected chi connectivity index (χ1v) is 7.36. The van der Waals surface area contributed by atoms with E-state index in [1.54, 1.807) is 0 Å². The Kier molecular flexibility index (Phi) is 3.86. The minimum absolute atomic E-state index is 0.268. The van der Waals surface area contributed by atoms with Gasteiger partial charge in [0.05, 0.1) is 6.04 Å². The van der Waals surface area contributed by atoms with Gasteiger partial charge in [0.1, 0.15) is 0 Å². The van der Waals surface area contributed by atoms with Crippen LogP contribution in [-0.2, 0) is 0 Å². The summed E-state index contributed by atoms with van der Waals surface area (Å²) in [6, 6.07) is 17.9. The molecule has 3 rings (SSSR count). The molecular formula is C18H21NO. The molecule has 20 heavy (non-hydrogen) atoms. The summed E-state index contributed by atoms with van der Waals surface area (Å²) in [6.45, 7) is 2.46. The molecule has 0 bridgehead atoms.